The summed E-state index contributed by atoms with van der Waals surface area (Å²) in [5.74, 6) is 0.345. The maximum absolute atomic E-state index is 13.1. The van der Waals surface area contributed by atoms with E-state index in [0.29, 0.717) is 34.6 Å². The highest BCUT2D eigenvalue weighted by Gasteiger charge is 2.26. The number of aromatic nitrogens is 2. The molecule has 4 rings (SSSR count). The highest BCUT2D eigenvalue weighted by atomic mass is 32.2. The summed E-state index contributed by atoms with van der Waals surface area (Å²) in [4.78, 5) is 26.9. The van der Waals surface area contributed by atoms with Crippen molar-refractivity contribution in [1.29, 1.82) is 0 Å². The number of thiophene rings is 1. The highest BCUT2D eigenvalue weighted by molar-refractivity contribution is 7.99. The van der Waals surface area contributed by atoms with Crippen LogP contribution in [-0.2, 0) is 30.6 Å². The second-order valence-corrected chi connectivity index (χ2v) is 9.27. The zero-order chi connectivity index (χ0) is 21.6. The summed E-state index contributed by atoms with van der Waals surface area (Å²) >= 11 is 2.71. The van der Waals surface area contributed by atoms with E-state index in [1.165, 1.54) is 28.0 Å². The van der Waals surface area contributed by atoms with E-state index >= 15 is 0 Å². The number of nitrogens with zero attached hydrogens (tertiary/aromatic N) is 2. The van der Waals surface area contributed by atoms with Crippen LogP contribution >= 0.6 is 23.1 Å². The number of thioether (sulfide) groups is 1. The predicted molar refractivity (Wildman–Crippen MR) is 122 cm³/mol. The summed E-state index contributed by atoms with van der Waals surface area (Å²) in [7, 11) is 0. The van der Waals surface area contributed by atoms with E-state index < -0.39 is 0 Å². The fourth-order valence-corrected chi connectivity index (χ4v) is 5.37. The number of hydrogen-bond acceptors (Lipinski definition) is 7. The Labute approximate surface area is 189 Å². The number of rotatable bonds is 8. The lowest BCUT2D eigenvalue weighted by atomic mass is 9.95. The Morgan fingerprint density at radius 1 is 1.16 bits per heavy atom. The monoisotopic (exact) mass is 456 g/mol. The molecule has 0 spiro atoms. The van der Waals surface area contributed by atoms with E-state index in [4.69, 9.17) is 4.42 Å². The van der Waals surface area contributed by atoms with Crippen molar-refractivity contribution in [2.75, 3.05) is 11.1 Å². The van der Waals surface area contributed by atoms with E-state index in [-0.39, 0.29) is 17.6 Å². The van der Waals surface area contributed by atoms with Gasteiger partial charge in [-0.15, -0.1) is 21.5 Å². The maximum Gasteiger partial charge on any atom is 0.277 e. The van der Waals surface area contributed by atoms with Crippen LogP contribution < -0.4 is 10.6 Å². The number of amides is 2. The van der Waals surface area contributed by atoms with Crippen molar-refractivity contribution >= 4 is 39.9 Å². The summed E-state index contributed by atoms with van der Waals surface area (Å²) in [6.07, 6.45) is 4.64. The summed E-state index contributed by atoms with van der Waals surface area (Å²) in [6, 6.07) is 9.80. The van der Waals surface area contributed by atoms with E-state index in [1.54, 1.807) is 0 Å². The van der Waals surface area contributed by atoms with Crippen molar-refractivity contribution in [2.24, 2.45) is 0 Å². The molecule has 1 aliphatic carbocycles. The molecule has 1 aromatic carbocycles. The molecule has 162 valence electrons. The Balaban J connectivity index is 1.45. The van der Waals surface area contributed by atoms with Gasteiger partial charge < -0.3 is 15.1 Å². The molecule has 0 aliphatic heterocycles. The number of fused-ring (bicyclic) bond motifs is 1. The van der Waals surface area contributed by atoms with Crippen LogP contribution in [0.25, 0.3) is 0 Å². The molecule has 9 heteroatoms. The van der Waals surface area contributed by atoms with Crippen LogP contribution in [0.5, 0.6) is 0 Å². The predicted octanol–water partition coefficient (Wildman–Crippen LogP) is 4.23. The molecule has 3 aromatic rings. The lowest BCUT2D eigenvalue weighted by molar-refractivity contribution is -0.113. The van der Waals surface area contributed by atoms with Gasteiger partial charge in [-0.25, -0.2) is 0 Å². The van der Waals surface area contributed by atoms with Gasteiger partial charge in [-0.05, 0) is 36.8 Å². The van der Waals surface area contributed by atoms with Gasteiger partial charge >= 0.3 is 0 Å². The van der Waals surface area contributed by atoms with Gasteiger partial charge in [0.2, 0.25) is 11.8 Å². The van der Waals surface area contributed by atoms with Gasteiger partial charge in [0, 0.05) is 17.8 Å². The number of aryl methyl sites for hydroxylation is 2. The fraction of sp³-hybridized carbons (Fsp3) is 0.364. The lowest BCUT2D eigenvalue weighted by Crippen LogP contribution is -2.25. The van der Waals surface area contributed by atoms with Gasteiger partial charge in [-0.2, -0.15) is 0 Å². The minimum absolute atomic E-state index is 0.138. The van der Waals surface area contributed by atoms with Crippen LogP contribution in [0.15, 0.2) is 40.0 Å². The average molecular weight is 457 g/mol. The SMILES string of the molecule is CCc1nnc(SCC(=O)Nc2sc3c(c2C(=O)NCc2ccccc2)CCCC3)o1. The normalized spacial score (nSPS) is 12.9. The van der Waals surface area contributed by atoms with Crippen molar-refractivity contribution in [3.05, 3.63) is 57.8 Å². The summed E-state index contributed by atoms with van der Waals surface area (Å²) in [5, 5.41) is 14.8. The molecule has 2 N–H and O–H groups in total. The van der Waals surface area contributed by atoms with E-state index in [0.717, 1.165) is 36.8 Å². The first-order valence-corrected chi connectivity index (χ1v) is 12.2. The minimum atomic E-state index is -0.197. The molecule has 0 bridgehead atoms. The Kier molecular flexibility index (Phi) is 7.03. The van der Waals surface area contributed by atoms with Crippen LogP contribution in [0, 0.1) is 0 Å². The van der Waals surface area contributed by atoms with Crippen molar-refractivity contribution in [1.82, 2.24) is 15.5 Å². The quantitative estimate of drug-likeness (QED) is 0.492. The van der Waals surface area contributed by atoms with E-state index in [1.807, 2.05) is 37.3 Å². The molecule has 7 nitrogen and oxygen atoms in total. The van der Waals surface area contributed by atoms with Crippen LogP contribution in [-0.4, -0.2) is 27.8 Å². The smallest absolute Gasteiger partial charge is 0.277 e. The first-order valence-electron chi connectivity index (χ1n) is 10.4. The molecular weight excluding hydrogens is 432 g/mol. The zero-order valence-electron chi connectivity index (χ0n) is 17.3. The molecule has 0 atom stereocenters. The third-order valence-corrected chi connectivity index (χ3v) is 7.05. The number of anilines is 1. The van der Waals surface area contributed by atoms with Gasteiger partial charge in [0.15, 0.2) is 0 Å². The van der Waals surface area contributed by atoms with Gasteiger partial charge in [0.05, 0.1) is 11.3 Å². The Morgan fingerprint density at radius 3 is 2.74 bits per heavy atom. The largest absolute Gasteiger partial charge is 0.416 e. The molecular formula is C22H24N4O3S2. The van der Waals surface area contributed by atoms with Crippen molar-refractivity contribution < 1.29 is 14.0 Å². The molecule has 0 saturated heterocycles. The molecule has 0 saturated carbocycles. The minimum Gasteiger partial charge on any atom is -0.416 e. The molecule has 0 radical (unpaired) electrons. The van der Waals surface area contributed by atoms with Crippen LogP contribution in [0.3, 0.4) is 0 Å². The van der Waals surface area contributed by atoms with E-state index in [2.05, 4.69) is 20.8 Å². The van der Waals surface area contributed by atoms with Crippen LogP contribution in [0.2, 0.25) is 0 Å². The third-order valence-electron chi connectivity index (χ3n) is 5.02. The zero-order valence-corrected chi connectivity index (χ0v) is 18.9. The topological polar surface area (TPSA) is 97.1 Å². The maximum atomic E-state index is 13.1. The second-order valence-electron chi connectivity index (χ2n) is 7.24. The molecule has 0 fully saturated rings. The fourth-order valence-electron chi connectivity index (χ4n) is 3.49. The molecule has 2 heterocycles. The van der Waals surface area contributed by atoms with Crippen molar-refractivity contribution in [3.63, 3.8) is 0 Å². The standard InChI is InChI=1S/C22H24N4O3S2/c1-2-18-25-26-22(29-18)30-13-17(27)24-21-19(15-10-6-7-11-16(15)31-21)20(28)23-12-14-8-4-3-5-9-14/h3-5,8-9H,2,6-7,10-13H2,1H3,(H,23,28)(H,24,27). The first-order chi connectivity index (χ1) is 15.1. The summed E-state index contributed by atoms with van der Waals surface area (Å²) < 4.78 is 5.43. The van der Waals surface area contributed by atoms with Crippen LogP contribution in [0.1, 0.15) is 52.0 Å². The Hall–Kier alpha value is -2.65. The van der Waals surface area contributed by atoms with Gasteiger partial charge in [-0.3, -0.25) is 9.59 Å². The van der Waals surface area contributed by atoms with E-state index in [9.17, 15) is 9.59 Å². The lowest BCUT2D eigenvalue weighted by Gasteiger charge is -2.13. The number of hydrogen-bond donors (Lipinski definition) is 2. The number of benzene rings is 1. The van der Waals surface area contributed by atoms with Crippen LogP contribution in [0.4, 0.5) is 5.00 Å². The first kappa shape index (κ1) is 21.6. The number of nitrogens with one attached hydrogen (secondary N) is 2. The molecule has 0 unspecified atom stereocenters. The van der Waals surface area contributed by atoms with Crippen molar-refractivity contribution in [3.8, 4) is 0 Å². The Bertz CT molecular complexity index is 1060. The summed E-state index contributed by atoms with van der Waals surface area (Å²) in [6.45, 7) is 2.38. The number of carbonyl (C=O) groups is 2. The number of carbonyl (C=O) groups excluding carboxylic acids is 2. The third kappa shape index (κ3) is 5.34. The molecule has 2 amide bonds. The van der Waals surface area contributed by atoms with Crippen molar-refractivity contribution in [2.45, 2.75) is 50.8 Å². The van der Waals surface area contributed by atoms with Gasteiger partial charge in [0.1, 0.15) is 5.00 Å². The summed E-state index contributed by atoms with van der Waals surface area (Å²) in [5.41, 5.74) is 2.72. The molecule has 31 heavy (non-hydrogen) atoms. The average Bonchev–Trinajstić information content (AvgIpc) is 3.40. The molecule has 1 aliphatic rings. The Morgan fingerprint density at radius 2 is 1.97 bits per heavy atom. The molecule has 2 aromatic heterocycles. The second kappa shape index (κ2) is 10.1. The van der Waals surface area contributed by atoms with Gasteiger partial charge in [-0.1, -0.05) is 49.0 Å². The van der Waals surface area contributed by atoms with Gasteiger partial charge in [0.25, 0.3) is 11.1 Å². The highest BCUT2D eigenvalue weighted by Crippen LogP contribution is 2.38.